The van der Waals surface area contributed by atoms with Crippen LogP contribution >= 0.6 is 31.9 Å². The second kappa shape index (κ2) is 5.84. The Morgan fingerprint density at radius 3 is 1.96 bits per heavy atom. The molecule has 2 aliphatic carbocycles. The summed E-state index contributed by atoms with van der Waals surface area (Å²) in [6.45, 7) is 0. The van der Waals surface area contributed by atoms with Crippen molar-refractivity contribution in [2.24, 2.45) is 23.7 Å². The number of aliphatic carboxylic acids is 2. The minimum Gasteiger partial charge on any atom is -0.481 e. The number of hydrogen-bond acceptors (Lipinski definition) is 4. The molecule has 2 N–H and O–H groups in total. The van der Waals surface area contributed by atoms with Crippen LogP contribution < -0.4 is 0 Å². The van der Waals surface area contributed by atoms with E-state index in [9.17, 15) is 24.3 Å². The Bertz CT molecular complexity index is 564. The molecule has 7 atom stereocenters. The minimum absolute atomic E-state index is 0.00439. The maximum Gasteiger partial charge on any atom is 0.326 e. The van der Waals surface area contributed by atoms with Crippen LogP contribution in [0.15, 0.2) is 0 Å². The molecule has 9 heteroatoms. The standard InChI is InChI=1S/C14H15Br2NO6/c15-10-4-3-5(11(10)16)9-8(4)12(20)17(13(9)21)6(14(22)23)1-2-7(18)19/h4-6,8-11H,1-3H2,(H,18,19)(H,22,23)/t4-,5+,6-,8+,9-,10+,11-/m0/s1. The number of nitrogens with zero attached hydrogens (tertiary/aromatic N) is 1. The number of rotatable bonds is 5. The van der Waals surface area contributed by atoms with E-state index < -0.39 is 48.1 Å². The van der Waals surface area contributed by atoms with Gasteiger partial charge in [-0.15, -0.1) is 0 Å². The van der Waals surface area contributed by atoms with E-state index in [2.05, 4.69) is 31.9 Å². The van der Waals surface area contributed by atoms with Crippen molar-refractivity contribution in [3.8, 4) is 0 Å². The van der Waals surface area contributed by atoms with E-state index in [0.717, 1.165) is 11.3 Å². The highest BCUT2D eigenvalue weighted by molar-refractivity contribution is 9.12. The smallest absolute Gasteiger partial charge is 0.326 e. The molecule has 0 aromatic rings. The van der Waals surface area contributed by atoms with E-state index in [4.69, 9.17) is 5.11 Å². The fraction of sp³-hybridized carbons (Fsp3) is 0.714. The summed E-state index contributed by atoms with van der Waals surface area (Å²) >= 11 is 7.11. The first-order valence-electron chi connectivity index (χ1n) is 7.35. The lowest BCUT2D eigenvalue weighted by Crippen LogP contribution is -2.46. The third-order valence-electron chi connectivity index (χ3n) is 5.25. The summed E-state index contributed by atoms with van der Waals surface area (Å²) < 4.78 is 0. The van der Waals surface area contributed by atoms with Gasteiger partial charge in [0.15, 0.2) is 0 Å². The van der Waals surface area contributed by atoms with Crippen LogP contribution in [0.4, 0.5) is 0 Å². The first-order valence-corrected chi connectivity index (χ1v) is 9.18. The predicted molar refractivity (Wildman–Crippen MR) is 84.2 cm³/mol. The first kappa shape index (κ1) is 16.9. The summed E-state index contributed by atoms with van der Waals surface area (Å²) in [4.78, 5) is 48.5. The van der Waals surface area contributed by atoms with Crippen molar-refractivity contribution in [1.82, 2.24) is 4.90 Å². The van der Waals surface area contributed by atoms with Crippen molar-refractivity contribution in [2.75, 3.05) is 0 Å². The van der Waals surface area contributed by atoms with Gasteiger partial charge in [-0.05, 0) is 24.7 Å². The molecule has 3 aliphatic rings. The van der Waals surface area contributed by atoms with Gasteiger partial charge in [-0.2, -0.15) is 0 Å². The number of carbonyl (C=O) groups excluding carboxylic acids is 2. The molecule has 2 bridgehead atoms. The van der Waals surface area contributed by atoms with E-state index in [1.54, 1.807) is 0 Å². The van der Waals surface area contributed by atoms with Crippen LogP contribution in [0, 0.1) is 23.7 Å². The average Bonchev–Trinajstić information content (AvgIpc) is 3.06. The molecule has 0 aromatic carbocycles. The van der Waals surface area contributed by atoms with Crippen molar-refractivity contribution >= 4 is 55.6 Å². The first-order chi connectivity index (χ1) is 10.8. The SMILES string of the molecule is O=C(O)CC[C@@H](C(=O)O)N1C(=O)[C@@H]2[C@@H]3C[C@@H]([C@H](Br)[C@@H]3Br)[C@@H]2C1=O. The van der Waals surface area contributed by atoms with Gasteiger partial charge in [0.25, 0.3) is 0 Å². The molecule has 1 heterocycles. The van der Waals surface area contributed by atoms with Gasteiger partial charge >= 0.3 is 11.9 Å². The zero-order chi connectivity index (χ0) is 17.0. The molecule has 0 spiro atoms. The third kappa shape index (κ3) is 2.43. The molecule has 1 aliphatic heterocycles. The number of carbonyl (C=O) groups is 4. The molecular weight excluding hydrogens is 438 g/mol. The molecule has 126 valence electrons. The van der Waals surface area contributed by atoms with Crippen LogP contribution in [0.3, 0.4) is 0 Å². The van der Waals surface area contributed by atoms with Gasteiger partial charge in [0, 0.05) is 16.1 Å². The third-order valence-corrected chi connectivity index (χ3v) is 8.46. The number of carboxylic acid groups (broad SMARTS) is 2. The Morgan fingerprint density at radius 2 is 1.57 bits per heavy atom. The van der Waals surface area contributed by atoms with E-state index in [-0.39, 0.29) is 27.9 Å². The largest absolute Gasteiger partial charge is 0.481 e. The molecule has 2 amide bonds. The van der Waals surface area contributed by atoms with Crippen LogP contribution in [0.1, 0.15) is 19.3 Å². The maximum absolute atomic E-state index is 12.7. The van der Waals surface area contributed by atoms with Gasteiger partial charge in [0.1, 0.15) is 6.04 Å². The highest BCUT2D eigenvalue weighted by atomic mass is 79.9. The molecule has 1 saturated heterocycles. The molecule has 3 rings (SSSR count). The molecule has 7 nitrogen and oxygen atoms in total. The molecule has 0 unspecified atom stereocenters. The summed E-state index contributed by atoms with van der Waals surface area (Å²) in [6, 6.07) is -1.40. The Labute approximate surface area is 148 Å². The van der Waals surface area contributed by atoms with E-state index in [0.29, 0.717) is 0 Å². The van der Waals surface area contributed by atoms with Crippen molar-refractivity contribution < 1.29 is 29.4 Å². The Hall–Kier alpha value is -0.960. The van der Waals surface area contributed by atoms with E-state index in [1.807, 2.05) is 0 Å². The quantitative estimate of drug-likeness (QED) is 0.476. The zero-order valence-corrected chi connectivity index (χ0v) is 15.1. The van der Waals surface area contributed by atoms with Gasteiger partial charge in [-0.3, -0.25) is 19.3 Å². The van der Waals surface area contributed by atoms with Crippen molar-refractivity contribution in [2.45, 2.75) is 35.0 Å². The van der Waals surface area contributed by atoms with Crippen LogP contribution in [0.25, 0.3) is 0 Å². The second-order valence-corrected chi connectivity index (χ2v) is 8.45. The predicted octanol–water partition coefficient (Wildman–Crippen LogP) is 1.08. The lowest BCUT2D eigenvalue weighted by Gasteiger charge is -2.28. The van der Waals surface area contributed by atoms with E-state index in [1.165, 1.54) is 0 Å². The number of carboxylic acids is 2. The summed E-state index contributed by atoms with van der Waals surface area (Å²) in [5.74, 6) is -4.39. The van der Waals surface area contributed by atoms with Gasteiger partial charge in [0.05, 0.1) is 11.8 Å². The van der Waals surface area contributed by atoms with Crippen LogP contribution in [-0.2, 0) is 19.2 Å². The normalized spacial score (nSPS) is 39.7. The number of hydrogen-bond donors (Lipinski definition) is 2. The second-order valence-electron chi connectivity index (χ2n) is 6.34. The van der Waals surface area contributed by atoms with E-state index >= 15 is 0 Å². The van der Waals surface area contributed by atoms with Gasteiger partial charge < -0.3 is 10.2 Å². The number of halogens is 2. The molecule has 2 saturated carbocycles. The summed E-state index contributed by atoms with van der Waals surface area (Å²) in [5, 5.41) is 18.1. The number of alkyl halides is 2. The van der Waals surface area contributed by atoms with Crippen LogP contribution in [-0.4, -0.2) is 54.6 Å². The number of fused-ring (bicyclic) bond motifs is 5. The lowest BCUT2D eigenvalue weighted by molar-refractivity contribution is -0.156. The summed E-state index contributed by atoms with van der Waals surface area (Å²) in [5.41, 5.74) is 0. The number of likely N-dealkylation sites (tertiary alicyclic amines) is 1. The van der Waals surface area contributed by atoms with Crippen molar-refractivity contribution in [3.63, 3.8) is 0 Å². The Kier molecular flexibility index (Phi) is 4.29. The molecule has 23 heavy (non-hydrogen) atoms. The van der Waals surface area contributed by atoms with Gasteiger partial charge in [0.2, 0.25) is 11.8 Å². The van der Waals surface area contributed by atoms with Crippen molar-refractivity contribution in [3.05, 3.63) is 0 Å². The maximum atomic E-state index is 12.7. The van der Waals surface area contributed by atoms with Crippen molar-refractivity contribution in [1.29, 1.82) is 0 Å². The van der Waals surface area contributed by atoms with Gasteiger partial charge in [-0.25, -0.2) is 4.79 Å². The number of amides is 2. The highest BCUT2D eigenvalue weighted by Crippen LogP contribution is 2.60. The zero-order valence-electron chi connectivity index (χ0n) is 11.9. The summed E-state index contributed by atoms with van der Waals surface area (Å²) in [6.07, 6.45) is 0.0874. The number of imide groups is 1. The topological polar surface area (TPSA) is 112 Å². The van der Waals surface area contributed by atoms with Crippen LogP contribution in [0.5, 0.6) is 0 Å². The molecule has 0 aromatic heterocycles. The molecule has 3 fully saturated rings. The highest BCUT2D eigenvalue weighted by Gasteiger charge is 2.67. The Morgan fingerprint density at radius 1 is 1.09 bits per heavy atom. The lowest BCUT2D eigenvalue weighted by atomic mass is 9.81. The monoisotopic (exact) mass is 451 g/mol. The average molecular weight is 453 g/mol. The fourth-order valence-electron chi connectivity index (χ4n) is 4.30. The Balaban J connectivity index is 1.87. The van der Waals surface area contributed by atoms with Gasteiger partial charge in [-0.1, -0.05) is 31.9 Å². The summed E-state index contributed by atoms with van der Waals surface area (Å²) in [7, 11) is 0. The van der Waals surface area contributed by atoms with Crippen LogP contribution in [0.2, 0.25) is 0 Å². The molecule has 0 radical (unpaired) electrons. The minimum atomic E-state index is -1.40. The fourth-order valence-corrected chi connectivity index (χ4v) is 6.18. The molecular formula is C14H15Br2NO6.